The lowest BCUT2D eigenvalue weighted by molar-refractivity contribution is 0.397. The molecule has 1 rings (SSSR count). The molecule has 0 bridgehead atoms. The Morgan fingerprint density at radius 1 is 1.33 bits per heavy atom. The average Bonchev–Trinajstić information content (AvgIpc) is 2.38. The number of nitrogens with two attached hydrogens (primary N) is 1. The zero-order valence-corrected chi connectivity index (χ0v) is 14.5. The number of sulfonamides is 1. The molecule has 0 aromatic heterocycles. The van der Waals surface area contributed by atoms with Gasteiger partial charge in [-0.25, -0.2) is 17.1 Å². The van der Waals surface area contributed by atoms with Crippen LogP contribution in [0, 0.1) is 18.7 Å². The Bertz CT molecular complexity index is 564. The zero-order valence-electron chi connectivity index (χ0n) is 12.8. The van der Waals surface area contributed by atoms with Crippen molar-refractivity contribution >= 4 is 22.4 Å². The van der Waals surface area contributed by atoms with Gasteiger partial charge in [0.15, 0.2) is 0 Å². The quantitative estimate of drug-likeness (QED) is 0.867. The summed E-state index contributed by atoms with van der Waals surface area (Å²) in [4.78, 5) is 0.108. The predicted octanol–water partition coefficient (Wildman–Crippen LogP) is 2.55. The highest BCUT2D eigenvalue weighted by molar-refractivity contribution is 7.89. The number of hydrogen-bond donors (Lipinski definition) is 1. The first-order chi connectivity index (χ1) is 9.16. The summed E-state index contributed by atoms with van der Waals surface area (Å²) in [6.45, 7) is 5.89. The van der Waals surface area contributed by atoms with Gasteiger partial charge in [0.1, 0.15) is 5.82 Å². The van der Waals surface area contributed by atoms with Crippen LogP contribution in [-0.2, 0) is 10.0 Å². The molecule has 21 heavy (non-hydrogen) atoms. The standard InChI is InChI=1S/C14H23FN2O2S.ClH/c1-10(2)14(16)7-8-17(4)20(18,19)12-5-6-13(15)11(3)9-12;/h5-6,9-10,14H,7-8,16H2,1-4H3;1H. The van der Waals surface area contributed by atoms with Crippen LogP contribution in [0.3, 0.4) is 0 Å². The molecular formula is C14H24ClFN2O2S. The number of rotatable bonds is 6. The van der Waals surface area contributed by atoms with Gasteiger partial charge < -0.3 is 5.73 Å². The van der Waals surface area contributed by atoms with Crippen molar-refractivity contribution in [1.82, 2.24) is 4.31 Å². The molecule has 0 aliphatic heterocycles. The normalized spacial score (nSPS) is 13.3. The van der Waals surface area contributed by atoms with E-state index in [4.69, 9.17) is 5.73 Å². The molecule has 7 heteroatoms. The van der Waals surface area contributed by atoms with E-state index < -0.39 is 15.8 Å². The van der Waals surface area contributed by atoms with Crippen molar-refractivity contribution in [2.24, 2.45) is 11.7 Å². The van der Waals surface area contributed by atoms with Crippen LogP contribution in [0.5, 0.6) is 0 Å². The number of nitrogens with zero attached hydrogens (tertiary/aromatic N) is 1. The van der Waals surface area contributed by atoms with Crippen LogP contribution in [0.25, 0.3) is 0 Å². The van der Waals surface area contributed by atoms with E-state index in [-0.39, 0.29) is 23.3 Å². The summed E-state index contributed by atoms with van der Waals surface area (Å²) < 4.78 is 39.2. The van der Waals surface area contributed by atoms with E-state index in [0.29, 0.717) is 24.4 Å². The van der Waals surface area contributed by atoms with Crippen molar-refractivity contribution in [1.29, 1.82) is 0 Å². The topological polar surface area (TPSA) is 63.4 Å². The van der Waals surface area contributed by atoms with Crippen molar-refractivity contribution < 1.29 is 12.8 Å². The van der Waals surface area contributed by atoms with E-state index >= 15 is 0 Å². The van der Waals surface area contributed by atoms with E-state index in [9.17, 15) is 12.8 Å². The minimum atomic E-state index is -3.59. The molecule has 1 aromatic rings. The molecule has 2 N–H and O–H groups in total. The fourth-order valence-electron chi connectivity index (χ4n) is 1.74. The summed E-state index contributed by atoms with van der Waals surface area (Å²) in [6, 6.07) is 3.78. The molecular weight excluding hydrogens is 315 g/mol. The minimum absolute atomic E-state index is 0. The Labute approximate surface area is 133 Å². The SMILES string of the molecule is Cc1cc(S(=O)(=O)N(C)CCC(N)C(C)C)ccc1F.Cl. The van der Waals surface area contributed by atoms with E-state index in [1.165, 1.54) is 29.6 Å². The third kappa shape index (κ3) is 5.21. The first kappa shape index (κ1) is 20.3. The summed E-state index contributed by atoms with van der Waals surface area (Å²) in [5.41, 5.74) is 6.24. The molecule has 0 aliphatic carbocycles. The van der Waals surface area contributed by atoms with E-state index in [0.717, 1.165) is 0 Å². The van der Waals surface area contributed by atoms with Crippen LogP contribution in [0.15, 0.2) is 23.1 Å². The number of hydrogen-bond acceptors (Lipinski definition) is 3. The Morgan fingerprint density at radius 3 is 2.38 bits per heavy atom. The van der Waals surface area contributed by atoms with Crippen molar-refractivity contribution in [2.75, 3.05) is 13.6 Å². The van der Waals surface area contributed by atoms with Gasteiger partial charge in [-0.2, -0.15) is 0 Å². The average molecular weight is 339 g/mol. The van der Waals surface area contributed by atoms with Crippen LogP contribution >= 0.6 is 12.4 Å². The van der Waals surface area contributed by atoms with Gasteiger partial charge in [0.05, 0.1) is 4.90 Å². The van der Waals surface area contributed by atoms with Crippen LogP contribution in [-0.4, -0.2) is 32.4 Å². The lowest BCUT2D eigenvalue weighted by atomic mass is 10.0. The molecule has 122 valence electrons. The number of aryl methyl sites for hydroxylation is 1. The molecule has 1 unspecified atom stereocenters. The van der Waals surface area contributed by atoms with Gasteiger partial charge in [0, 0.05) is 19.6 Å². The maximum absolute atomic E-state index is 13.2. The molecule has 0 fully saturated rings. The molecule has 0 aliphatic rings. The fourth-order valence-corrected chi connectivity index (χ4v) is 3.01. The first-order valence-electron chi connectivity index (χ1n) is 6.64. The zero-order chi connectivity index (χ0) is 15.5. The molecule has 0 heterocycles. The third-order valence-corrected chi connectivity index (χ3v) is 5.32. The van der Waals surface area contributed by atoms with E-state index in [2.05, 4.69) is 0 Å². The van der Waals surface area contributed by atoms with Gasteiger partial charge >= 0.3 is 0 Å². The maximum Gasteiger partial charge on any atom is 0.242 e. The lowest BCUT2D eigenvalue weighted by Gasteiger charge is -2.21. The Kier molecular flexibility index (Phi) is 7.81. The second-order valence-corrected chi connectivity index (χ2v) is 7.48. The smallest absolute Gasteiger partial charge is 0.242 e. The number of benzene rings is 1. The molecule has 0 saturated heterocycles. The maximum atomic E-state index is 13.2. The van der Waals surface area contributed by atoms with Crippen LogP contribution in [0.1, 0.15) is 25.8 Å². The summed E-state index contributed by atoms with van der Waals surface area (Å²) in [5, 5.41) is 0. The Hall–Kier alpha value is -0.690. The number of halogens is 2. The van der Waals surface area contributed by atoms with E-state index in [1.54, 1.807) is 6.92 Å². The van der Waals surface area contributed by atoms with Gasteiger partial charge in [-0.3, -0.25) is 0 Å². The monoisotopic (exact) mass is 338 g/mol. The van der Waals surface area contributed by atoms with Crippen molar-refractivity contribution in [3.05, 3.63) is 29.6 Å². The molecule has 0 amide bonds. The molecule has 0 saturated carbocycles. The van der Waals surface area contributed by atoms with Crippen molar-refractivity contribution in [3.8, 4) is 0 Å². The largest absolute Gasteiger partial charge is 0.327 e. The van der Waals surface area contributed by atoms with Crippen LogP contribution < -0.4 is 5.73 Å². The third-order valence-electron chi connectivity index (χ3n) is 3.47. The summed E-state index contributed by atoms with van der Waals surface area (Å²) in [6.07, 6.45) is 0.591. The van der Waals surface area contributed by atoms with Crippen LogP contribution in [0.2, 0.25) is 0 Å². The second-order valence-electron chi connectivity index (χ2n) is 5.43. The van der Waals surface area contributed by atoms with Crippen molar-refractivity contribution in [2.45, 2.75) is 38.1 Å². The first-order valence-corrected chi connectivity index (χ1v) is 8.08. The van der Waals surface area contributed by atoms with Gasteiger partial charge in [-0.1, -0.05) is 13.8 Å². The summed E-state index contributed by atoms with van der Waals surface area (Å²) >= 11 is 0. The van der Waals surface area contributed by atoms with Gasteiger partial charge in [-0.05, 0) is 43.0 Å². The van der Waals surface area contributed by atoms with Gasteiger partial charge in [-0.15, -0.1) is 12.4 Å². The molecule has 1 aromatic carbocycles. The molecule has 4 nitrogen and oxygen atoms in total. The summed E-state index contributed by atoms with van der Waals surface area (Å²) in [5.74, 6) is -0.104. The fraction of sp³-hybridized carbons (Fsp3) is 0.571. The Morgan fingerprint density at radius 2 is 1.90 bits per heavy atom. The minimum Gasteiger partial charge on any atom is -0.327 e. The highest BCUT2D eigenvalue weighted by Gasteiger charge is 2.22. The molecule has 0 radical (unpaired) electrons. The lowest BCUT2D eigenvalue weighted by Crippen LogP contribution is -2.34. The van der Waals surface area contributed by atoms with Gasteiger partial charge in [0.25, 0.3) is 0 Å². The van der Waals surface area contributed by atoms with E-state index in [1.807, 2.05) is 13.8 Å². The van der Waals surface area contributed by atoms with Gasteiger partial charge in [0.2, 0.25) is 10.0 Å². The van der Waals surface area contributed by atoms with Crippen molar-refractivity contribution in [3.63, 3.8) is 0 Å². The summed E-state index contributed by atoms with van der Waals surface area (Å²) in [7, 11) is -2.07. The Balaban J connectivity index is 0.00000400. The molecule has 0 spiro atoms. The highest BCUT2D eigenvalue weighted by atomic mass is 35.5. The second kappa shape index (κ2) is 8.08. The molecule has 1 atom stereocenters. The predicted molar refractivity (Wildman–Crippen MR) is 85.6 cm³/mol. The highest BCUT2D eigenvalue weighted by Crippen LogP contribution is 2.18. The van der Waals surface area contributed by atoms with Crippen LogP contribution in [0.4, 0.5) is 4.39 Å².